The molecule has 1 atom stereocenters. The van der Waals surface area contributed by atoms with Gasteiger partial charge in [-0.25, -0.2) is 0 Å². The Morgan fingerprint density at radius 3 is 2.00 bits per heavy atom. The fourth-order valence-corrected chi connectivity index (χ4v) is 4.01. The molecule has 0 radical (unpaired) electrons. The van der Waals surface area contributed by atoms with E-state index in [2.05, 4.69) is 17.1 Å². The zero-order valence-corrected chi connectivity index (χ0v) is 13.4. The SMILES string of the molecule is CCNC(CN(CC1CC1)CC1CC1)C1CCCCC1. The summed E-state index contributed by atoms with van der Waals surface area (Å²) in [4.78, 5) is 2.83. The van der Waals surface area contributed by atoms with Crippen molar-refractivity contribution in [3.05, 3.63) is 0 Å². The molecule has 1 N–H and O–H groups in total. The van der Waals surface area contributed by atoms with Crippen molar-refractivity contribution in [3.8, 4) is 0 Å². The number of likely N-dealkylation sites (N-methyl/N-ethyl adjacent to an activating group) is 1. The van der Waals surface area contributed by atoms with Crippen LogP contribution in [0, 0.1) is 17.8 Å². The Hall–Kier alpha value is -0.0800. The van der Waals surface area contributed by atoms with Crippen molar-refractivity contribution in [1.29, 1.82) is 0 Å². The molecule has 1 unspecified atom stereocenters. The van der Waals surface area contributed by atoms with Crippen LogP contribution in [0.2, 0.25) is 0 Å². The summed E-state index contributed by atoms with van der Waals surface area (Å²) in [6.07, 6.45) is 13.3. The smallest absolute Gasteiger partial charge is 0.0223 e. The molecular formula is C18H34N2. The molecule has 3 aliphatic rings. The molecule has 0 aliphatic heterocycles. The number of rotatable bonds is 9. The molecule has 3 saturated carbocycles. The summed E-state index contributed by atoms with van der Waals surface area (Å²) >= 11 is 0. The molecule has 20 heavy (non-hydrogen) atoms. The number of hydrogen-bond acceptors (Lipinski definition) is 2. The van der Waals surface area contributed by atoms with Crippen molar-refractivity contribution in [1.82, 2.24) is 10.2 Å². The van der Waals surface area contributed by atoms with Gasteiger partial charge >= 0.3 is 0 Å². The minimum atomic E-state index is 0.762. The van der Waals surface area contributed by atoms with Crippen LogP contribution in [0.4, 0.5) is 0 Å². The van der Waals surface area contributed by atoms with Gasteiger partial charge in [-0.2, -0.15) is 0 Å². The average molecular weight is 278 g/mol. The second-order valence-corrected chi connectivity index (χ2v) is 7.67. The fourth-order valence-electron chi connectivity index (χ4n) is 4.01. The molecule has 3 rings (SSSR count). The summed E-state index contributed by atoms with van der Waals surface area (Å²) < 4.78 is 0. The summed E-state index contributed by atoms with van der Waals surface area (Å²) in [6, 6.07) is 0.762. The molecule has 0 amide bonds. The summed E-state index contributed by atoms with van der Waals surface area (Å²) in [7, 11) is 0. The third-order valence-corrected chi connectivity index (χ3v) is 5.57. The highest BCUT2D eigenvalue weighted by Gasteiger charge is 2.32. The Morgan fingerprint density at radius 2 is 1.50 bits per heavy atom. The van der Waals surface area contributed by atoms with Gasteiger partial charge in [0.05, 0.1) is 0 Å². The molecule has 116 valence electrons. The van der Waals surface area contributed by atoms with Gasteiger partial charge in [0.15, 0.2) is 0 Å². The van der Waals surface area contributed by atoms with Crippen LogP contribution >= 0.6 is 0 Å². The van der Waals surface area contributed by atoms with Gasteiger partial charge in [-0.3, -0.25) is 0 Å². The zero-order valence-electron chi connectivity index (χ0n) is 13.4. The second kappa shape index (κ2) is 7.26. The lowest BCUT2D eigenvalue weighted by molar-refractivity contribution is 0.175. The molecule has 3 aliphatic carbocycles. The molecule has 2 heteroatoms. The summed E-state index contributed by atoms with van der Waals surface area (Å²) in [5.74, 6) is 3.04. The first-order valence-corrected chi connectivity index (χ1v) is 9.31. The van der Waals surface area contributed by atoms with E-state index in [4.69, 9.17) is 0 Å². The van der Waals surface area contributed by atoms with Crippen LogP contribution in [0.25, 0.3) is 0 Å². The van der Waals surface area contributed by atoms with Gasteiger partial charge in [-0.05, 0) is 62.8 Å². The van der Waals surface area contributed by atoms with E-state index >= 15 is 0 Å². The minimum Gasteiger partial charge on any atom is -0.313 e. The molecule has 0 aromatic carbocycles. The molecule has 0 heterocycles. The van der Waals surface area contributed by atoms with Crippen LogP contribution in [0.15, 0.2) is 0 Å². The van der Waals surface area contributed by atoms with E-state index in [0.29, 0.717) is 0 Å². The fraction of sp³-hybridized carbons (Fsp3) is 1.00. The van der Waals surface area contributed by atoms with E-state index in [1.54, 1.807) is 0 Å². The Kier molecular flexibility index (Phi) is 5.39. The topological polar surface area (TPSA) is 15.3 Å². The zero-order chi connectivity index (χ0) is 13.8. The Labute approximate surface area is 125 Å². The summed E-state index contributed by atoms with van der Waals surface area (Å²) in [6.45, 7) is 7.53. The number of hydrogen-bond donors (Lipinski definition) is 1. The van der Waals surface area contributed by atoms with Gasteiger partial charge in [0.25, 0.3) is 0 Å². The predicted octanol–water partition coefficient (Wildman–Crippen LogP) is 3.67. The second-order valence-electron chi connectivity index (χ2n) is 7.67. The molecule has 0 aromatic heterocycles. The lowest BCUT2D eigenvalue weighted by Gasteiger charge is -2.35. The molecular weight excluding hydrogens is 244 g/mol. The van der Waals surface area contributed by atoms with Crippen molar-refractivity contribution in [2.24, 2.45) is 17.8 Å². The Balaban J connectivity index is 1.52. The minimum absolute atomic E-state index is 0.762. The predicted molar refractivity (Wildman–Crippen MR) is 85.9 cm³/mol. The van der Waals surface area contributed by atoms with Crippen LogP contribution < -0.4 is 5.32 Å². The van der Waals surface area contributed by atoms with Crippen LogP contribution in [-0.4, -0.2) is 37.1 Å². The maximum atomic E-state index is 3.83. The van der Waals surface area contributed by atoms with E-state index in [0.717, 1.165) is 30.3 Å². The third kappa shape index (κ3) is 4.73. The average Bonchev–Trinajstić information content (AvgIpc) is 3.36. The Bertz CT molecular complexity index is 263. The van der Waals surface area contributed by atoms with Crippen LogP contribution in [0.5, 0.6) is 0 Å². The lowest BCUT2D eigenvalue weighted by Crippen LogP contribution is -2.47. The van der Waals surface area contributed by atoms with Gasteiger partial charge in [0, 0.05) is 25.7 Å². The molecule has 0 spiro atoms. The van der Waals surface area contributed by atoms with Crippen molar-refractivity contribution in [2.45, 2.75) is 70.8 Å². The normalized spacial score (nSPS) is 26.1. The quantitative estimate of drug-likeness (QED) is 0.692. The molecule has 2 nitrogen and oxygen atoms in total. The largest absolute Gasteiger partial charge is 0.313 e. The first-order valence-electron chi connectivity index (χ1n) is 9.31. The van der Waals surface area contributed by atoms with Gasteiger partial charge in [-0.15, -0.1) is 0 Å². The molecule has 0 saturated heterocycles. The van der Waals surface area contributed by atoms with E-state index in [1.807, 2.05) is 0 Å². The van der Waals surface area contributed by atoms with Crippen LogP contribution in [-0.2, 0) is 0 Å². The van der Waals surface area contributed by atoms with Gasteiger partial charge in [0.2, 0.25) is 0 Å². The van der Waals surface area contributed by atoms with E-state index in [9.17, 15) is 0 Å². The number of nitrogens with one attached hydrogen (secondary N) is 1. The highest BCUT2D eigenvalue weighted by molar-refractivity contribution is 4.87. The van der Waals surface area contributed by atoms with E-state index in [1.165, 1.54) is 77.4 Å². The third-order valence-electron chi connectivity index (χ3n) is 5.57. The monoisotopic (exact) mass is 278 g/mol. The lowest BCUT2D eigenvalue weighted by atomic mass is 9.83. The van der Waals surface area contributed by atoms with E-state index < -0.39 is 0 Å². The van der Waals surface area contributed by atoms with Gasteiger partial charge in [0.1, 0.15) is 0 Å². The number of nitrogens with zero attached hydrogens (tertiary/aromatic N) is 1. The Morgan fingerprint density at radius 1 is 0.900 bits per heavy atom. The highest BCUT2D eigenvalue weighted by atomic mass is 15.2. The molecule has 3 fully saturated rings. The van der Waals surface area contributed by atoms with Crippen molar-refractivity contribution in [2.75, 3.05) is 26.2 Å². The van der Waals surface area contributed by atoms with Gasteiger partial charge in [-0.1, -0.05) is 26.2 Å². The van der Waals surface area contributed by atoms with Crippen LogP contribution in [0.3, 0.4) is 0 Å². The maximum Gasteiger partial charge on any atom is 0.0223 e. The highest BCUT2D eigenvalue weighted by Crippen LogP contribution is 2.34. The molecule has 0 aromatic rings. The van der Waals surface area contributed by atoms with Crippen molar-refractivity contribution >= 4 is 0 Å². The maximum absolute atomic E-state index is 3.83. The van der Waals surface area contributed by atoms with E-state index in [-0.39, 0.29) is 0 Å². The standard InChI is InChI=1S/C18H34N2/c1-2-19-18(17-6-4-3-5-7-17)14-20(12-15-8-9-15)13-16-10-11-16/h15-19H,2-14H2,1H3. The molecule has 0 bridgehead atoms. The summed E-state index contributed by atoms with van der Waals surface area (Å²) in [5.41, 5.74) is 0. The van der Waals surface area contributed by atoms with Crippen molar-refractivity contribution in [3.63, 3.8) is 0 Å². The summed E-state index contributed by atoms with van der Waals surface area (Å²) in [5, 5.41) is 3.83. The first kappa shape index (κ1) is 14.8. The first-order chi connectivity index (χ1) is 9.85. The van der Waals surface area contributed by atoms with Crippen LogP contribution in [0.1, 0.15) is 64.7 Å². The van der Waals surface area contributed by atoms with Crippen molar-refractivity contribution < 1.29 is 0 Å². The van der Waals surface area contributed by atoms with Gasteiger partial charge < -0.3 is 10.2 Å².